The average molecular weight is 477 g/mol. The molecule has 1 heterocycles. The van der Waals surface area contributed by atoms with Crippen molar-refractivity contribution in [2.75, 3.05) is 17.7 Å². The number of benzene rings is 2. The van der Waals surface area contributed by atoms with Crippen molar-refractivity contribution in [1.82, 2.24) is 0 Å². The number of hydrogen-bond donors (Lipinski definition) is 1. The van der Waals surface area contributed by atoms with E-state index in [0.29, 0.717) is 12.5 Å². The van der Waals surface area contributed by atoms with Crippen molar-refractivity contribution < 1.29 is 39.9 Å². The van der Waals surface area contributed by atoms with Crippen molar-refractivity contribution in [3.8, 4) is 0 Å². The minimum absolute atomic E-state index is 0.0497. The summed E-state index contributed by atoms with van der Waals surface area (Å²) in [5.41, 5.74) is -3.16. The third-order valence-electron chi connectivity index (χ3n) is 5.03. The van der Waals surface area contributed by atoms with Crippen LogP contribution in [0.5, 0.6) is 0 Å². The number of hydrogen-bond acceptors (Lipinski definition) is 6. The summed E-state index contributed by atoms with van der Waals surface area (Å²) in [4.78, 5) is 12.7. The molecule has 0 radical (unpaired) electrons. The largest absolute Gasteiger partial charge is 0.426 e. The van der Waals surface area contributed by atoms with Gasteiger partial charge in [-0.1, -0.05) is 0 Å². The maximum Gasteiger partial charge on any atom is 0.426 e. The highest BCUT2D eigenvalue weighted by atomic mass is 32.2. The van der Waals surface area contributed by atoms with Crippen LogP contribution in [-0.2, 0) is 30.9 Å². The second-order valence-electron chi connectivity index (χ2n) is 7.31. The van der Waals surface area contributed by atoms with E-state index in [9.17, 15) is 39.9 Å². The smallest absolute Gasteiger partial charge is 0.373 e. The van der Waals surface area contributed by atoms with Crippen LogP contribution in [0, 0.1) is 0 Å². The number of rotatable bonds is 4. The molecule has 1 aliphatic rings. The molecule has 0 saturated heterocycles. The minimum Gasteiger partial charge on any atom is -0.373 e. The molecular weight excluding hydrogens is 459 g/mol. The van der Waals surface area contributed by atoms with Crippen molar-refractivity contribution in [3.63, 3.8) is 0 Å². The number of carbonyl (C=O) groups excluding carboxylic acids is 1. The summed E-state index contributed by atoms with van der Waals surface area (Å²) in [7, 11) is -7.55. The molecule has 3 rings (SSSR count). The number of anilines is 1. The molecule has 0 saturated carbocycles. The fraction of sp³-hybridized carbons (Fsp3) is 0.316. The van der Waals surface area contributed by atoms with E-state index in [1.54, 1.807) is 0 Å². The number of amides is 1. The van der Waals surface area contributed by atoms with Crippen LogP contribution in [0.1, 0.15) is 12.5 Å². The van der Waals surface area contributed by atoms with Gasteiger partial charge in [0.1, 0.15) is 0 Å². The Balaban J connectivity index is 1.95. The van der Waals surface area contributed by atoms with E-state index in [1.807, 2.05) is 0 Å². The van der Waals surface area contributed by atoms with Gasteiger partial charge in [-0.25, -0.2) is 16.8 Å². The lowest BCUT2D eigenvalue weighted by Crippen LogP contribution is -2.56. The monoisotopic (exact) mass is 477 g/mol. The van der Waals surface area contributed by atoms with E-state index in [-0.39, 0.29) is 33.3 Å². The molecule has 2 aromatic rings. The SMILES string of the molecule is CC(O)(C(=O)N1CCc2cc(S(=O)(=O)c3ccc(S(C)(=O)=O)cc3)ccc21)C(F)(F)F. The van der Waals surface area contributed by atoms with Gasteiger partial charge in [0.15, 0.2) is 9.84 Å². The van der Waals surface area contributed by atoms with Crippen molar-refractivity contribution in [2.45, 2.75) is 39.8 Å². The maximum atomic E-state index is 13.0. The molecule has 0 bridgehead atoms. The van der Waals surface area contributed by atoms with E-state index < -0.39 is 37.4 Å². The fourth-order valence-electron chi connectivity index (χ4n) is 3.14. The van der Waals surface area contributed by atoms with Crippen molar-refractivity contribution in [3.05, 3.63) is 48.0 Å². The Hall–Kier alpha value is -2.44. The van der Waals surface area contributed by atoms with Gasteiger partial charge >= 0.3 is 6.18 Å². The van der Waals surface area contributed by atoms with Gasteiger partial charge in [0, 0.05) is 18.5 Å². The lowest BCUT2D eigenvalue weighted by molar-refractivity contribution is -0.243. The number of carbonyl (C=O) groups is 1. The van der Waals surface area contributed by atoms with Crippen LogP contribution in [0.15, 0.2) is 57.2 Å². The number of alkyl halides is 3. The second kappa shape index (κ2) is 7.31. The zero-order valence-corrected chi connectivity index (χ0v) is 18.0. The van der Waals surface area contributed by atoms with Crippen LogP contribution in [0.25, 0.3) is 0 Å². The molecule has 2 aromatic carbocycles. The molecule has 1 amide bonds. The highest BCUT2D eigenvalue weighted by Gasteiger charge is 2.57. The summed E-state index contributed by atoms with van der Waals surface area (Å²) in [6, 6.07) is 8.23. The Morgan fingerprint density at radius 1 is 0.968 bits per heavy atom. The van der Waals surface area contributed by atoms with Gasteiger partial charge in [-0.15, -0.1) is 0 Å². The quantitative estimate of drug-likeness (QED) is 0.723. The predicted octanol–water partition coefficient (Wildman–Crippen LogP) is 2.13. The lowest BCUT2D eigenvalue weighted by atomic mass is 10.0. The summed E-state index contributed by atoms with van der Waals surface area (Å²) >= 11 is 0. The molecule has 7 nitrogen and oxygen atoms in total. The van der Waals surface area contributed by atoms with Gasteiger partial charge in [0.25, 0.3) is 5.91 Å². The Morgan fingerprint density at radius 3 is 2.00 bits per heavy atom. The van der Waals surface area contributed by atoms with Gasteiger partial charge in [-0.05, 0) is 61.4 Å². The topological polar surface area (TPSA) is 109 Å². The molecule has 0 aromatic heterocycles. The molecule has 1 unspecified atom stereocenters. The maximum absolute atomic E-state index is 13.0. The molecule has 1 N–H and O–H groups in total. The second-order valence-corrected chi connectivity index (χ2v) is 11.3. The molecule has 0 spiro atoms. The van der Waals surface area contributed by atoms with Gasteiger partial charge in [-0.2, -0.15) is 13.2 Å². The molecule has 1 atom stereocenters. The molecule has 168 valence electrons. The first-order chi connectivity index (χ1) is 14.1. The van der Waals surface area contributed by atoms with E-state index in [1.165, 1.54) is 12.1 Å². The Morgan fingerprint density at radius 2 is 1.48 bits per heavy atom. The first kappa shape index (κ1) is 23.2. The summed E-state index contributed by atoms with van der Waals surface area (Å²) in [6.07, 6.45) is -4.08. The summed E-state index contributed by atoms with van der Waals surface area (Å²) in [5, 5.41) is 9.66. The Bertz CT molecular complexity index is 1250. The molecule has 0 fully saturated rings. The first-order valence-corrected chi connectivity index (χ1v) is 12.2. The lowest BCUT2D eigenvalue weighted by Gasteiger charge is -2.30. The van der Waals surface area contributed by atoms with Crippen LogP contribution in [0.2, 0.25) is 0 Å². The average Bonchev–Trinajstić information content (AvgIpc) is 3.09. The standard InChI is InChI=1S/C19H18F3NO6S2/c1-18(25,19(20,21)22)17(24)23-10-9-12-11-15(7-8-16(12)23)31(28,29)14-5-3-13(4-6-14)30(2,26)27/h3-8,11,25H,9-10H2,1-2H3. The van der Waals surface area contributed by atoms with E-state index in [2.05, 4.69) is 0 Å². The van der Waals surface area contributed by atoms with E-state index in [0.717, 1.165) is 41.5 Å². The first-order valence-electron chi connectivity index (χ1n) is 8.86. The Kier molecular flexibility index (Phi) is 5.48. The predicted molar refractivity (Wildman–Crippen MR) is 104 cm³/mol. The van der Waals surface area contributed by atoms with Crippen molar-refractivity contribution in [1.29, 1.82) is 0 Å². The van der Waals surface area contributed by atoms with Crippen LogP contribution < -0.4 is 4.90 Å². The van der Waals surface area contributed by atoms with Crippen LogP contribution >= 0.6 is 0 Å². The number of nitrogens with zero attached hydrogens (tertiary/aromatic N) is 1. The summed E-state index contributed by atoms with van der Waals surface area (Å²) in [5.74, 6) is -1.55. The zero-order valence-electron chi connectivity index (χ0n) is 16.3. The summed E-state index contributed by atoms with van der Waals surface area (Å²) < 4.78 is 87.9. The van der Waals surface area contributed by atoms with E-state index in [4.69, 9.17) is 0 Å². The van der Waals surface area contributed by atoms with Crippen molar-refractivity contribution in [2.24, 2.45) is 0 Å². The highest BCUT2D eigenvalue weighted by molar-refractivity contribution is 7.91. The normalized spacial score (nSPS) is 16.6. The minimum atomic E-state index is -5.17. The van der Waals surface area contributed by atoms with Crippen LogP contribution in [-0.4, -0.2) is 52.4 Å². The van der Waals surface area contributed by atoms with Crippen LogP contribution in [0.3, 0.4) is 0 Å². The number of fused-ring (bicyclic) bond motifs is 1. The van der Waals surface area contributed by atoms with E-state index >= 15 is 0 Å². The molecule has 12 heteroatoms. The van der Waals surface area contributed by atoms with Gasteiger partial charge in [0.2, 0.25) is 15.4 Å². The number of aliphatic hydroxyl groups is 1. The molecular formula is C19H18F3NO6S2. The fourth-order valence-corrected chi connectivity index (χ4v) is 5.08. The Labute approximate surface area is 177 Å². The molecule has 1 aliphatic heterocycles. The number of halogens is 3. The molecule has 0 aliphatic carbocycles. The van der Waals surface area contributed by atoms with Crippen LogP contribution in [0.4, 0.5) is 18.9 Å². The third kappa shape index (κ3) is 4.06. The third-order valence-corrected chi connectivity index (χ3v) is 7.93. The van der Waals surface area contributed by atoms with Gasteiger partial charge < -0.3 is 10.0 Å². The van der Waals surface area contributed by atoms with Crippen molar-refractivity contribution >= 4 is 31.3 Å². The highest BCUT2D eigenvalue weighted by Crippen LogP contribution is 2.37. The molecule has 31 heavy (non-hydrogen) atoms. The number of sulfone groups is 2. The summed E-state index contributed by atoms with van der Waals surface area (Å²) in [6.45, 7) is 0.221. The van der Waals surface area contributed by atoms with Gasteiger partial charge in [-0.3, -0.25) is 4.79 Å². The zero-order chi connectivity index (χ0) is 23.4. The van der Waals surface area contributed by atoms with Gasteiger partial charge in [0.05, 0.1) is 14.7 Å².